The molecular formula is C18H20ClNO5. The maximum absolute atomic E-state index is 12.2. The topological polar surface area (TPSA) is 58.9 Å². The summed E-state index contributed by atoms with van der Waals surface area (Å²) in [5, 5.41) is 0.469. The highest BCUT2D eigenvalue weighted by Crippen LogP contribution is 2.39. The molecule has 0 radical (unpaired) electrons. The lowest BCUT2D eigenvalue weighted by atomic mass is 10.1. The summed E-state index contributed by atoms with van der Waals surface area (Å²) in [6.07, 6.45) is 2.46. The average molecular weight is 366 g/mol. The van der Waals surface area contributed by atoms with Crippen molar-refractivity contribution in [1.29, 1.82) is 0 Å². The molecule has 1 aliphatic heterocycles. The molecule has 2 aromatic rings. The van der Waals surface area contributed by atoms with Crippen LogP contribution in [-0.4, -0.2) is 38.6 Å². The molecule has 1 aliphatic rings. The van der Waals surface area contributed by atoms with Gasteiger partial charge >= 0.3 is 0 Å². The second-order valence-electron chi connectivity index (χ2n) is 5.61. The second kappa shape index (κ2) is 7.80. The third-order valence-corrected chi connectivity index (χ3v) is 4.26. The van der Waals surface area contributed by atoms with Gasteiger partial charge in [0.15, 0.2) is 5.75 Å². The van der Waals surface area contributed by atoms with Crippen molar-refractivity contribution in [3.8, 4) is 28.5 Å². The number of rotatable bonds is 6. The highest BCUT2D eigenvalue weighted by molar-refractivity contribution is 6.32. The number of fused-ring (bicyclic) bond motifs is 3. The Morgan fingerprint density at radius 2 is 2.04 bits per heavy atom. The van der Waals surface area contributed by atoms with Crippen molar-refractivity contribution in [3.05, 3.63) is 39.6 Å². The number of nitrogens with zero attached hydrogens (tertiary/aromatic N) is 1. The van der Waals surface area contributed by atoms with Crippen LogP contribution in [0, 0.1) is 0 Å². The minimum Gasteiger partial charge on any atom is -0.492 e. The minimum absolute atomic E-state index is 0.183. The fourth-order valence-corrected chi connectivity index (χ4v) is 2.95. The maximum Gasteiger partial charge on any atom is 0.223 e. The van der Waals surface area contributed by atoms with Gasteiger partial charge in [-0.25, -0.2) is 0 Å². The first-order valence-corrected chi connectivity index (χ1v) is 8.38. The second-order valence-corrected chi connectivity index (χ2v) is 6.01. The van der Waals surface area contributed by atoms with E-state index in [4.69, 9.17) is 30.5 Å². The molecule has 7 heteroatoms. The van der Waals surface area contributed by atoms with E-state index in [0.29, 0.717) is 48.6 Å². The summed E-state index contributed by atoms with van der Waals surface area (Å²) < 4.78 is 23.6. The lowest BCUT2D eigenvalue weighted by Crippen LogP contribution is -2.13. The van der Waals surface area contributed by atoms with E-state index in [9.17, 15) is 4.79 Å². The van der Waals surface area contributed by atoms with Crippen molar-refractivity contribution < 1.29 is 18.9 Å². The molecule has 0 N–H and O–H groups in total. The molecule has 6 nitrogen and oxygen atoms in total. The first-order valence-electron chi connectivity index (χ1n) is 8.01. The van der Waals surface area contributed by atoms with E-state index in [0.717, 1.165) is 17.7 Å². The van der Waals surface area contributed by atoms with Crippen LogP contribution in [0.2, 0.25) is 5.02 Å². The Labute approximate surface area is 150 Å². The average Bonchev–Trinajstić information content (AvgIpc) is 2.77. The fraction of sp³-hybridized carbons (Fsp3) is 0.389. The highest BCUT2D eigenvalue weighted by Gasteiger charge is 2.19. The van der Waals surface area contributed by atoms with Crippen LogP contribution < -0.4 is 19.6 Å². The quantitative estimate of drug-likeness (QED) is 0.736. The number of aromatic nitrogens is 1. The van der Waals surface area contributed by atoms with E-state index in [1.54, 1.807) is 31.5 Å². The SMILES string of the molecule is COCCCOc1cc2c(cc1Cl)-c1cc(=O)c(OC)cn1CCO2. The van der Waals surface area contributed by atoms with Crippen molar-refractivity contribution in [1.82, 2.24) is 4.57 Å². The summed E-state index contributed by atoms with van der Waals surface area (Å²) in [6, 6.07) is 5.09. The van der Waals surface area contributed by atoms with Crippen molar-refractivity contribution in [2.45, 2.75) is 13.0 Å². The molecule has 134 valence electrons. The van der Waals surface area contributed by atoms with Crippen LogP contribution in [0.4, 0.5) is 0 Å². The third-order valence-electron chi connectivity index (χ3n) is 3.96. The van der Waals surface area contributed by atoms with Gasteiger partial charge in [0, 0.05) is 37.8 Å². The fourth-order valence-electron chi connectivity index (χ4n) is 2.73. The van der Waals surface area contributed by atoms with Crippen LogP contribution in [0.1, 0.15) is 6.42 Å². The van der Waals surface area contributed by atoms with E-state index >= 15 is 0 Å². The molecule has 1 aromatic heterocycles. The molecule has 0 saturated carbocycles. The molecule has 0 atom stereocenters. The molecule has 0 bridgehead atoms. The van der Waals surface area contributed by atoms with E-state index in [2.05, 4.69) is 0 Å². The summed E-state index contributed by atoms with van der Waals surface area (Å²) >= 11 is 6.37. The molecule has 0 saturated heterocycles. The summed E-state index contributed by atoms with van der Waals surface area (Å²) in [4.78, 5) is 12.2. The normalized spacial score (nSPS) is 12.6. The Hall–Kier alpha value is -2.18. The molecule has 0 unspecified atom stereocenters. The molecule has 0 amide bonds. The Kier molecular flexibility index (Phi) is 5.50. The number of benzene rings is 1. The summed E-state index contributed by atoms with van der Waals surface area (Å²) in [5.41, 5.74) is 1.32. The summed E-state index contributed by atoms with van der Waals surface area (Å²) in [6.45, 7) is 2.19. The molecule has 3 rings (SSSR count). The zero-order chi connectivity index (χ0) is 17.8. The highest BCUT2D eigenvalue weighted by atomic mass is 35.5. The van der Waals surface area contributed by atoms with Crippen LogP contribution in [0.3, 0.4) is 0 Å². The molecule has 25 heavy (non-hydrogen) atoms. The summed E-state index contributed by atoms with van der Waals surface area (Å²) in [5.74, 6) is 1.50. The van der Waals surface area contributed by atoms with Gasteiger partial charge < -0.3 is 23.5 Å². The van der Waals surface area contributed by atoms with Gasteiger partial charge in [-0.3, -0.25) is 4.79 Å². The van der Waals surface area contributed by atoms with E-state index in [1.165, 1.54) is 7.11 Å². The first-order chi connectivity index (χ1) is 12.1. The predicted octanol–water partition coefficient (Wildman–Crippen LogP) is 2.99. The molecule has 0 fully saturated rings. The van der Waals surface area contributed by atoms with Gasteiger partial charge in [-0.05, 0) is 6.07 Å². The Bertz CT molecular complexity index is 818. The van der Waals surface area contributed by atoms with Crippen molar-refractivity contribution in [3.63, 3.8) is 0 Å². The zero-order valence-electron chi connectivity index (χ0n) is 14.2. The largest absolute Gasteiger partial charge is 0.492 e. The predicted molar refractivity (Wildman–Crippen MR) is 95.2 cm³/mol. The van der Waals surface area contributed by atoms with Crippen molar-refractivity contribution in [2.24, 2.45) is 0 Å². The molecule has 2 heterocycles. The monoisotopic (exact) mass is 365 g/mol. The summed E-state index contributed by atoms with van der Waals surface area (Å²) in [7, 11) is 3.13. The van der Waals surface area contributed by atoms with Crippen LogP contribution in [0.25, 0.3) is 11.3 Å². The smallest absolute Gasteiger partial charge is 0.223 e. The Morgan fingerprint density at radius 1 is 1.20 bits per heavy atom. The third kappa shape index (κ3) is 3.75. The van der Waals surface area contributed by atoms with Crippen molar-refractivity contribution >= 4 is 11.6 Å². The number of hydrogen-bond donors (Lipinski definition) is 0. The lowest BCUT2D eigenvalue weighted by Gasteiger charge is -2.14. The van der Waals surface area contributed by atoms with E-state index in [1.807, 2.05) is 4.57 Å². The number of halogens is 1. The van der Waals surface area contributed by atoms with Gasteiger partial charge in [-0.15, -0.1) is 0 Å². The van der Waals surface area contributed by atoms with Crippen LogP contribution in [-0.2, 0) is 11.3 Å². The minimum atomic E-state index is -0.183. The zero-order valence-corrected chi connectivity index (χ0v) is 15.0. The van der Waals surface area contributed by atoms with Gasteiger partial charge in [0.1, 0.15) is 18.1 Å². The molecule has 0 aliphatic carbocycles. The molecular weight excluding hydrogens is 346 g/mol. The van der Waals surface area contributed by atoms with Crippen molar-refractivity contribution in [2.75, 3.05) is 34.0 Å². The lowest BCUT2D eigenvalue weighted by molar-refractivity contribution is 0.172. The Morgan fingerprint density at radius 3 is 2.80 bits per heavy atom. The van der Waals surface area contributed by atoms with Crippen LogP contribution in [0.15, 0.2) is 29.2 Å². The maximum atomic E-state index is 12.2. The van der Waals surface area contributed by atoms with Gasteiger partial charge in [0.25, 0.3) is 0 Å². The molecule has 0 spiro atoms. The number of methoxy groups -OCH3 is 2. The first kappa shape index (κ1) is 17.6. The van der Waals surface area contributed by atoms with Gasteiger partial charge in [-0.2, -0.15) is 0 Å². The molecule has 1 aromatic carbocycles. The Balaban J connectivity index is 1.97. The van der Waals surface area contributed by atoms with Crippen LogP contribution in [0.5, 0.6) is 17.2 Å². The standard InChI is InChI=1S/C18H20ClNO5/c1-22-5-3-6-24-17-10-16-12(8-13(17)19)14-9-15(21)18(23-2)11-20(14)4-7-25-16/h8-11H,3-7H2,1-2H3. The number of hydrogen-bond acceptors (Lipinski definition) is 5. The van der Waals surface area contributed by atoms with Crippen LogP contribution >= 0.6 is 11.6 Å². The van der Waals surface area contributed by atoms with E-state index in [-0.39, 0.29) is 5.43 Å². The number of pyridine rings is 1. The number of ether oxygens (including phenoxy) is 4. The van der Waals surface area contributed by atoms with E-state index < -0.39 is 0 Å². The van der Waals surface area contributed by atoms with Gasteiger partial charge in [-0.1, -0.05) is 11.6 Å². The van der Waals surface area contributed by atoms with Gasteiger partial charge in [0.2, 0.25) is 5.43 Å². The van der Waals surface area contributed by atoms with Gasteiger partial charge in [0.05, 0.1) is 37.2 Å².